The number of ether oxygens (including phenoxy) is 2. The van der Waals surface area contributed by atoms with Gasteiger partial charge in [0.1, 0.15) is 11.4 Å². The number of carbonyl (C=O) groups is 1. The summed E-state index contributed by atoms with van der Waals surface area (Å²) < 4.78 is 10.7. The third-order valence-corrected chi connectivity index (χ3v) is 5.26. The third-order valence-electron chi connectivity index (χ3n) is 5.26. The second-order valence-electron chi connectivity index (χ2n) is 7.49. The minimum absolute atomic E-state index is 0.319. The summed E-state index contributed by atoms with van der Waals surface area (Å²) in [7, 11) is 1.65. The molecule has 0 spiro atoms. The van der Waals surface area contributed by atoms with E-state index in [1.807, 2.05) is 97.6 Å². The second kappa shape index (κ2) is 12.3. The Morgan fingerprint density at radius 3 is 2.09 bits per heavy atom. The van der Waals surface area contributed by atoms with E-state index in [0.29, 0.717) is 25.4 Å². The number of benzene rings is 3. The molecule has 0 fully saturated rings. The minimum Gasteiger partial charge on any atom is -0.497 e. The number of nitrogens with zero attached hydrogens (tertiary/aromatic N) is 1. The topological polar surface area (TPSA) is 38.8 Å². The average Bonchev–Trinajstić information content (AvgIpc) is 2.87. The third kappa shape index (κ3) is 6.84. The summed E-state index contributed by atoms with van der Waals surface area (Å²) in [6.45, 7) is 5.43. The van der Waals surface area contributed by atoms with Gasteiger partial charge in [-0.15, -0.1) is 0 Å². The van der Waals surface area contributed by atoms with Crippen molar-refractivity contribution in [3.8, 4) is 5.75 Å². The summed E-state index contributed by atoms with van der Waals surface area (Å²) in [6.07, 6.45) is 4.03. The molecule has 0 radical (unpaired) electrons. The number of likely N-dealkylation sites (N-methyl/N-ethyl adjacent to an activating group) is 1. The normalized spacial score (nSPS) is 11.7. The van der Waals surface area contributed by atoms with E-state index in [-0.39, 0.29) is 5.97 Å². The molecule has 0 aromatic heterocycles. The monoisotopic (exact) mass is 441 g/mol. The molecule has 33 heavy (non-hydrogen) atoms. The molecular weight excluding hydrogens is 410 g/mol. The maximum Gasteiger partial charge on any atom is 0.354 e. The van der Waals surface area contributed by atoms with Gasteiger partial charge < -0.3 is 14.4 Å². The first-order valence-corrected chi connectivity index (χ1v) is 11.2. The van der Waals surface area contributed by atoms with Gasteiger partial charge >= 0.3 is 5.97 Å². The standard InChI is InChI=1S/C29H31NO3/c1-4-30(22-24-16-18-27(32-3)19-17-24)28(29(31)33-5-2)21-26(25-14-10-7-11-15-25)20-23-12-8-6-9-13-23/h6-21H,4-5,22H2,1-3H3/b26-20-,28-21+. The number of rotatable bonds is 10. The molecule has 0 aliphatic carbocycles. The molecule has 4 heteroatoms. The first-order chi connectivity index (χ1) is 16.1. The molecule has 3 aromatic carbocycles. The molecule has 0 amide bonds. The largest absolute Gasteiger partial charge is 0.497 e. The highest BCUT2D eigenvalue weighted by Crippen LogP contribution is 2.24. The fourth-order valence-electron chi connectivity index (χ4n) is 3.52. The Bertz CT molecular complexity index is 1070. The maximum absolute atomic E-state index is 13.1. The Kier molecular flexibility index (Phi) is 8.89. The zero-order valence-electron chi connectivity index (χ0n) is 19.5. The lowest BCUT2D eigenvalue weighted by Crippen LogP contribution is -2.28. The molecule has 0 aliphatic rings. The highest BCUT2D eigenvalue weighted by Gasteiger charge is 2.19. The van der Waals surface area contributed by atoms with Crippen molar-refractivity contribution in [3.05, 3.63) is 113 Å². The molecule has 0 bridgehead atoms. The van der Waals surface area contributed by atoms with Gasteiger partial charge in [-0.1, -0.05) is 72.8 Å². The highest BCUT2D eigenvalue weighted by atomic mass is 16.5. The van der Waals surface area contributed by atoms with Crippen molar-refractivity contribution >= 4 is 17.6 Å². The van der Waals surface area contributed by atoms with E-state index in [4.69, 9.17) is 9.47 Å². The molecule has 0 N–H and O–H groups in total. The SMILES string of the molecule is CCOC(=O)/C(=C\C(=C\c1ccccc1)c1ccccc1)N(CC)Cc1ccc(OC)cc1. The summed E-state index contributed by atoms with van der Waals surface area (Å²) in [4.78, 5) is 15.1. The highest BCUT2D eigenvalue weighted by molar-refractivity contribution is 5.95. The van der Waals surface area contributed by atoms with Crippen molar-refractivity contribution in [2.24, 2.45) is 0 Å². The van der Waals surface area contributed by atoms with Crippen LogP contribution >= 0.6 is 0 Å². The fourth-order valence-corrected chi connectivity index (χ4v) is 3.52. The lowest BCUT2D eigenvalue weighted by Gasteiger charge is -2.25. The molecule has 3 aromatic rings. The van der Waals surface area contributed by atoms with Crippen LogP contribution in [0.5, 0.6) is 5.75 Å². The van der Waals surface area contributed by atoms with Gasteiger partial charge in [-0.3, -0.25) is 0 Å². The van der Waals surface area contributed by atoms with Crippen LogP contribution in [0.1, 0.15) is 30.5 Å². The van der Waals surface area contributed by atoms with Crippen molar-refractivity contribution in [2.75, 3.05) is 20.3 Å². The Balaban J connectivity index is 2.05. The van der Waals surface area contributed by atoms with Gasteiger partial charge in [-0.05, 0) is 60.4 Å². The Labute approximate surface area is 196 Å². The molecule has 4 nitrogen and oxygen atoms in total. The second-order valence-corrected chi connectivity index (χ2v) is 7.49. The number of methoxy groups -OCH3 is 1. The van der Waals surface area contributed by atoms with Crippen molar-refractivity contribution in [3.63, 3.8) is 0 Å². The molecule has 0 aliphatic heterocycles. The lowest BCUT2D eigenvalue weighted by molar-refractivity contribution is -0.140. The lowest BCUT2D eigenvalue weighted by atomic mass is 10.0. The Morgan fingerprint density at radius 1 is 0.879 bits per heavy atom. The summed E-state index contributed by atoms with van der Waals surface area (Å²) in [6, 6.07) is 28.1. The van der Waals surface area contributed by atoms with Gasteiger partial charge in [-0.2, -0.15) is 0 Å². The summed E-state index contributed by atoms with van der Waals surface area (Å²) in [5, 5.41) is 0. The predicted octanol–water partition coefficient (Wildman–Crippen LogP) is 6.20. The number of carbonyl (C=O) groups excluding carboxylic acids is 1. The molecule has 0 saturated heterocycles. The van der Waals surface area contributed by atoms with Gasteiger partial charge in [0.05, 0.1) is 13.7 Å². The first kappa shape index (κ1) is 23.9. The molecule has 0 heterocycles. The van der Waals surface area contributed by atoms with E-state index in [1.165, 1.54) is 0 Å². The average molecular weight is 442 g/mol. The van der Waals surface area contributed by atoms with Crippen LogP contribution in [0.15, 0.2) is 96.7 Å². The van der Waals surface area contributed by atoms with Crippen molar-refractivity contribution in [2.45, 2.75) is 20.4 Å². The van der Waals surface area contributed by atoms with Crippen LogP contribution in [0.25, 0.3) is 11.6 Å². The Morgan fingerprint density at radius 2 is 1.52 bits per heavy atom. The smallest absolute Gasteiger partial charge is 0.354 e. The molecule has 0 atom stereocenters. The van der Waals surface area contributed by atoms with E-state index in [9.17, 15) is 4.79 Å². The van der Waals surface area contributed by atoms with Crippen LogP contribution in [-0.4, -0.2) is 31.1 Å². The van der Waals surface area contributed by atoms with E-state index in [1.54, 1.807) is 7.11 Å². The predicted molar refractivity (Wildman–Crippen MR) is 135 cm³/mol. The number of hydrogen-bond donors (Lipinski definition) is 0. The quantitative estimate of drug-likeness (QED) is 0.162. The Hall–Kier alpha value is -3.79. The van der Waals surface area contributed by atoms with Gasteiger partial charge in [0.15, 0.2) is 0 Å². The number of hydrogen-bond acceptors (Lipinski definition) is 4. The maximum atomic E-state index is 13.1. The fraction of sp³-hybridized carbons (Fsp3) is 0.207. The number of esters is 1. The van der Waals surface area contributed by atoms with E-state index < -0.39 is 0 Å². The molecule has 0 saturated carbocycles. The van der Waals surface area contributed by atoms with E-state index in [0.717, 1.165) is 28.0 Å². The van der Waals surface area contributed by atoms with Crippen LogP contribution in [0.4, 0.5) is 0 Å². The number of allylic oxidation sites excluding steroid dienone is 2. The zero-order valence-corrected chi connectivity index (χ0v) is 19.5. The summed E-state index contributed by atoms with van der Waals surface area (Å²) in [5.74, 6) is 0.475. The van der Waals surface area contributed by atoms with Crippen molar-refractivity contribution < 1.29 is 14.3 Å². The molecule has 170 valence electrons. The van der Waals surface area contributed by atoms with Crippen molar-refractivity contribution in [1.82, 2.24) is 4.90 Å². The van der Waals surface area contributed by atoms with Crippen LogP contribution < -0.4 is 4.74 Å². The van der Waals surface area contributed by atoms with Gasteiger partial charge in [-0.25, -0.2) is 4.79 Å². The van der Waals surface area contributed by atoms with Crippen LogP contribution in [0.2, 0.25) is 0 Å². The van der Waals surface area contributed by atoms with Crippen LogP contribution in [-0.2, 0) is 16.1 Å². The minimum atomic E-state index is -0.331. The summed E-state index contributed by atoms with van der Waals surface area (Å²) in [5.41, 5.74) is 4.65. The van der Waals surface area contributed by atoms with Gasteiger partial charge in [0.2, 0.25) is 0 Å². The molecule has 3 rings (SSSR count). The van der Waals surface area contributed by atoms with E-state index in [2.05, 4.69) is 18.2 Å². The van der Waals surface area contributed by atoms with Gasteiger partial charge in [0.25, 0.3) is 0 Å². The van der Waals surface area contributed by atoms with Crippen LogP contribution in [0, 0.1) is 0 Å². The zero-order chi connectivity index (χ0) is 23.5. The molecule has 0 unspecified atom stereocenters. The molecular formula is C29H31NO3. The van der Waals surface area contributed by atoms with E-state index >= 15 is 0 Å². The summed E-state index contributed by atoms with van der Waals surface area (Å²) >= 11 is 0. The first-order valence-electron chi connectivity index (χ1n) is 11.2. The van der Waals surface area contributed by atoms with Gasteiger partial charge in [0, 0.05) is 13.1 Å². The van der Waals surface area contributed by atoms with Crippen molar-refractivity contribution in [1.29, 1.82) is 0 Å². The van der Waals surface area contributed by atoms with Crippen LogP contribution in [0.3, 0.4) is 0 Å².